The first-order valence-electron chi connectivity index (χ1n) is 11.5. The zero-order chi connectivity index (χ0) is 23.5. The lowest BCUT2D eigenvalue weighted by Crippen LogP contribution is -2.51. The first-order chi connectivity index (χ1) is 16.6. The van der Waals surface area contributed by atoms with Gasteiger partial charge in [-0.3, -0.25) is 14.5 Å². The summed E-state index contributed by atoms with van der Waals surface area (Å²) in [5.41, 5.74) is 2.24. The number of nitrogens with one attached hydrogen (secondary N) is 1. The number of piperazine rings is 1. The van der Waals surface area contributed by atoms with Gasteiger partial charge in [0.15, 0.2) is 0 Å². The van der Waals surface area contributed by atoms with E-state index in [9.17, 15) is 14.0 Å². The summed E-state index contributed by atoms with van der Waals surface area (Å²) in [6.45, 7) is 3.93. The van der Waals surface area contributed by atoms with Crippen LogP contribution in [0.4, 0.5) is 4.39 Å². The van der Waals surface area contributed by atoms with E-state index in [4.69, 9.17) is 4.74 Å². The Balaban J connectivity index is 1.18. The van der Waals surface area contributed by atoms with Crippen molar-refractivity contribution < 1.29 is 18.7 Å². The van der Waals surface area contributed by atoms with E-state index in [1.807, 2.05) is 53.4 Å². The van der Waals surface area contributed by atoms with Gasteiger partial charge < -0.3 is 15.0 Å². The molecule has 2 amide bonds. The number of nitrogens with zero attached hydrogens (tertiary/aromatic N) is 2. The summed E-state index contributed by atoms with van der Waals surface area (Å²) < 4.78 is 19.1. The number of hydrogen-bond donors (Lipinski definition) is 1. The highest BCUT2D eigenvalue weighted by atomic mass is 19.1. The molecule has 3 aromatic rings. The molecule has 0 aromatic heterocycles. The number of ether oxygens (including phenoxy) is 1. The van der Waals surface area contributed by atoms with Crippen LogP contribution in [-0.4, -0.2) is 60.9 Å². The second-order valence-corrected chi connectivity index (χ2v) is 8.54. The second kappa shape index (κ2) is 9.65. The third kappa shape index (κ3) is 4.52. The summed E-state index contributed by atoms with van der Waals surface area (Å²) >= 11 is 0. The molecule has 0 saturated carbocycles. The summed E-state index contributed by atoms with van der Waals surface area (Å²) in [5.74, 6) is 0.600. The molecule has 1 fully saturated rings. The number of benzene rings is 3. The van der Waals surface area contributed by atoms with Gasteiger partial charge in [0, 0.05) is 56.0 Å². The van der Waals surface area contributed by atoms with Crippen molar-refractivity contribution >= 4 is 11.8 Å². The highest BCUT2D eigenvalue weighted by molar-refractivity contribution is 5.94. The maximum atomic E-state index is 13.6. The van der Waals surface area contributed by atoms with E-state index in [1.165, 1.54) is 24.3 Å². The summed E-state index contributed by atoms with van der Waals surface area (Å²) in [7, 11) is 0. The molecule has 0 spiro atoms. The van der Waals surface area contributed by atoms with Crippen LogP contribution in [0.1, 0.15) is 27.4 Å². The van der Waals surface area contributed by atoms with Crippen molar-refractivity contribution in [3.63, 3.8) is 0 Å². The Kier molecular flexibility index (Phi) is 6.27. The Hall–Kier alpha value is -3.71. The molecule has 0 aliphatic carbocycles. The van der Waals surface area contributed by atoms with Crippen LogP contribution in [0.15, 0.2) is 72.8 Å². The smallest absolute Gasteiger partial charge is 0.251 e. The summed E-state index contributed by atoms with van der Waals surface area (Å²) in [4.78, 5) is 30.0. The van der Waals surface area contributed by atoms with Gasteiger partial charge in [0.05, 0.1) is 5.92 Å². The van der Waals surface area contributed by atoms with E-state index in [1.54, 1.807) is 0 Å². The molecular weight excluding hydrogens is 433 g/mol. The van der Waals surface area contributed by atoms with Gasteiger partial charge in [0.1, 0.15) is 17.3 Å². The summed E-state index contributed by atoms with van der Waals surface area (Å²) in [6, 6.07) is 21.0. The fourth-order valence-corrected chi connectivity index (χ4v) is 4.58. The number of fused-ring (bicyclic) bond motifs is 2. The van der Waals surface area contributed by atoms with Crippen molar-refractivity contribution in [2.24, 2.45) is 0 Å². The van der Waals surface area contributed by atoms with Gasteiger partial charge in [-0.2, -0.15) is 0 Å². The normalized spacial score (nSPS) is 15.7. The lowest BCUT2D eigenvalue weighted by atomic mass is 9.86. The highest BCUT2D eigenvalue weighted by Crippen LogP contribution is 2.44. The molecule has 2 aliphatic heterocycles. The molecule has 34 heavy (non-hydrogen) atoms. The van der Waals surface area contributed by atoms with E-state index < -0.39 is 0 Å². The van der Waals surface area contributed by atoms with Crippen molar-refractivity contribution in [2.75, 3.05) is 39.3 Å². The van der Waals surface area contributed by atoms with Gasteiger partial charge in [-0.15, -0.1) is 0 Å². The van der Waals surface area contributed by atoms with Crippen molar-refractivity contribution in [1.29, 1.82) is 0 Å². The second-order valence-electron chi connectivity index (χ2n) is 8.54. The van der Waals surface area contributed by atoms with Crippen LogP contribution < -0.4 is 10.1 Å². The first-order valence-corrected chi connectivity index (χ1v) is 11.5. The molecule has 1 saturated heterocycles. The minimum absolute atomic E-state index is 0.0902. The average molecular weight is 460 g/mol. The topological polar surface area (TPSA) is 61.9 Å². The predicted octanol–water partition coefficient (Wildman–Crippen LogP) is 3.64. The third-order valence-corrected chi connectivity index (χ3v) is 6.43. The Morgan fingerprint density at radius 1 is 0.853 bits per heavy atom. The van der Waals surface area contributed by atoms with Crippen LogP contribution in [0.5, 0.6) is 11.5 Å². The molecule has 5 rings (SSSR count). The maximum Gasteiger partial charge on any atom is 0.251 e. The number of carbonyl (C=O) groups excluding carboxylic acids is 2. The van der Waals surface area contributed by atoms with E-state index in [2.05, 4.69) is 10.2 Å². The molecule has 0 atom stereocenters. The Bertz CT molecular complexity index is 1140. The van der Waals surface area contributed by atoms with Crippen LogP contribution in [0.2, 0.25) is 0 Å². The SMILES string of the molecule is O=C(NCCN1CCN(C(=O)C2c3ccccc3Oc3ccccc32)CC1)c1ccc(F)cc1. The summed E-state index contributed by atoms with van der Waals surface area (Å²) in [5, 5.41) is 2.88. The van der Waals surface area contributed by atoms with Gasteiger partial charge in [0.25, 0.3) is 5.91 Å². The van der Waals surface area contributed by atoms with Gasteiger partial charge in [-0.05, 0) is 36.4 Å². The standard InChI is InChI=1S/C27H26FN3O3/c28-20-11-9-19(10-12-20)26(32)29-13-14-30-15-17-31(18-16-30)27(33)25-21-5-1-3-7-23(21)34-24-8-4-2-6-22(24)25/h1-12,25H,13-18H2,(H,29,32). The van der Waals surface area contributed by atoms with Gasteiger partial charge in [0.2, 0.25) is 5.91 Å². The lowest BCUT2D eigenvalue weighted by molar-refractivity contribution is -0.133. The zero-order valence-electron chi connectivity index (χ0n) is 18.7. The number of rotatable bonds is 5. The molecule has 1 N–H and O–H groups in total. The number of halogens is 1. The molecule has 174 valence electrons. The van der Waals surface area contributed by atoms with Crippen molar-refractivity contribution in [3.8, 4) is 11.5 Å². The van der Waals surface area contributed by atoms with Crippen LogP contribution >= 0.6 is 0 Å². The van der Waals surface area contributed by atoms with Gasteiger partial charge in [-0.25, -0.2) is 4.39 Å². The number of carbonyl (C=O) groups is 2. The summed E-state index contributed by atoms with van der Waals surface area (Å²) in [6.07, 6.45) is 0. The van der Waals surface area contributed by atoms with Crippen LogP contribution in [0.3, 0.4) is 0 Å². The van der Waals surface area contributed by atoms with Crippen molar-refractivity contribution in [1.82, 2.24) is 15.1 Å². The fraction of sp³-hybridized carbons (Fsp3) is 0.259. The molecule has 6 nitrogen and oxygen atoms in total. The van der Waals surface area contributed by atoms with Gasteiger partial charge in [-0.1, -0.05) is 36.4 Å². The van der Waals surface area contributed by atoms with E-state index in [-0.39, 0.29) is 23.5 Å². The minimum atomic E-state index is -0.373. The number of amides is 2. The molecule has 0 unspecified atom stereocenters. The van der Waals surface area contributed by atoms with E-state index in [0.717, 1.165) is 35.7 Å². The zero-order valence-corrected chi connectivity index (χ0v) is 18.7. The third-order valence-electron chi connectivity index (χ3n) is 6.43. The molecule has 2 heterocycles. The molecular formula is C27H26FN3O3. The number of hydrogen-bond acceptors (Lipinski definition) is 4. The Labute approximate surface area is 197 Å². The van der Waals surface area contributed by atoms with Crippen LogP contribution in [-0.2, 0) is 4.79 Å². The highest BCUT2D eigenvalue weighted by Gasteiger charge is 2.36. The van der Waals surface area contributed by atoms with Gasteiger partial charge >= 0.3 is 0 Å². The maximum absolute atomic E-state index is 13.6. The first kappa shape index (κ1) is 22.1. The Morgan fingerprint density at radius 2 is 1.44 bits per heavy atom. The average Bonchev–Trinajstić information content (AvgIpc) is 2.87. The fourth-order valence-electron chi connectivity index (χ4n) is 4.58. The lowest BCUT2D eigenvalue weighted by Gasteiger charge is -2.37. The molecule has 2 aliphatic rings. The largest absolute Gasteiger partial charge is 0.457 e. The quantitative estimate of drug-likeness (QED) is 0.633. The minimum Gasteiger partial charge on any atom is -0.457 e. The molecule has 0 bridgehead atoms. The van der Waals surface area contributed by atoms with Crippen LogP contribution in [0.25, 0.3) is 0 Å². The molecule has 3 aromatic carbocycles. The van der Waals surface area contributed by atoms with Crippen LogP contribution in [0, 0.1) is 5.82 Å². The predicted molar refractivity (Wildman–Crippen MR) is 127 cm³/mol. The molecule has 7 heteroatoms. The van der Waals surface area contributed by atoms with E-state index >= 15 is 0 Å². The monoisotopic (exact) mass is 459 g/mol. The van der Waals surface area contributed by atoms with E-state index in [0.29, 0.717) is 31.7 Å². The van der Waals surface area contributed by atoms with Crippen molar-refractivity contribution in [3.05, 3.63) is 95.3 Å². The van der Waals surface area contributed by atoms with Crippen molar-refractivity contribution in [2.45, 2.75) is 5.92 Å². The molecule has 0 radical (unpaired) electrons. The number of para-hydroxylation sites is 2. The Morgan fingerprint density at radius 3 is 2.06 bits per heavy atom.